The summed E-state index contributed by atoms with van der Waals surface area (Å²) in [6, 6.07) is 10.9. The molecule has 2 aliphatic carbocycles. The predicted molar refractivity (Wildman–Crippen MR) is 151 cm³/mol. The maximum atomic E-state index is 13.8. The van der Waals surface area contributed by atoms with Crippen LogP contribution in [0.15, 0.2) is 36.4 Å². The van der Waals surface area contributed by atoms with Crippen LogP contribution < -0.4 is 14.8 Å². The fourth-order valence-electron chi connectivity index (χ4n) is 5.64. The van der Waals surface area contributed by atoms with Crippen LogP contribution in [0.25, 0.3) is 0 Å². The first-order chi connectivity index (χ1) is 19.2. The molecule has 2 N–H and O–H groups in total. The minimum absolute atomic E-state index is 0.188. The minimum Gasteiger partial charge on any atom is -0.496 e. The highest BCUT2D eigenvalue weighted by molar-refractivity contribution is 5.87. The number of carboxylic acid groups (broad SMARTS) is 1. The van der Waals surface area contributed by atoms with Crippen molar-refractivity contribution in [2.24, 2.45) is 0 Å². The summed E-state index contributed by atoms with van der Waals surface area (Å²) >= 11 is 0. The van der Waals surface area contributed by atoms with Gasteiger partial charge in [-0.3, -0.25) is 0 Å². The average Bonchev–Trinajstić information content (AvgIpc) is 3.76. The summed E-state index contributed by atoms with van der Waals surface area (Å²) in [4.78, 5) is 27.7. The van der Waals surface area contributed by atoms with E-state index < -0.39 is 23.6 Å². The van der Waals surface area contributed by atoms with E-state index in [4.69, 9.17) is 18.9 Å². The zero-order valence-electron chi connectivity index (χ0n) is 24.2. The number of methoxy groups -OCH3 is 2. The van der Waals surface area contributed by atoms with Gasteiger partial charge < -0.3 is 34.3 Å². The van der Waals surface area contributed by atoms with E-state index in [9.17, 15) is 14.7 Å². The lowest BCUT2D eigenvalue weighted by atomic mass is 9.74. The summed E-state index contributed by atoms with van der Waals surface area (Å²) < 4.78 is 23.2. The van der Waals surface area contributed by atoms with Crippen molar-refractivity contribution < 1.29 is 33.6 Å². The maximum Gasteiger partial charge on any atom is 0.329 e. The monoisotopic (exact) mass is 554 g/mol. The average molecular weight is 555 g/mol. The lowest BCUT2D eigenvalue weighted by molar-refractivity contribution is -0.156. The molecule has 0 bridgehead atoms. The normalized spacial score (nSPS) is 20.8. The van der Waals surface area contributed by atoms with Crippen molar-refractivity contribution in [2.75, 3.05) is 34.0 Å². The molecule has 0 radical (unpaired) electrons. The number of carbonyl (C=O) groups excluding carboxylic acids is 1. The SMILES string of the molecule is CCOC1CC(NC(=O)N(CCOCc2ccccc2)C(C)c2cc(OC)c(C3CC3)c(OC)c2C)(C(=O)O)C1. The number of benzene rings is 2. The number of carbonyl (C=O) groups is 2. The van der Waals surface area contributed by atoms with Crippen molar-refractivity contribution >= 4 is 12.0 Å². The van der Waals surface area contributed by atoms with Crippen LogP contribution in [0.5, 0.6) is 11.5 Å². The second-order valence-corrected chi connectivity index (χ2v) is 10.7. The predicted octanol–water partition coefficient (Wildman–Crippen LogP) is 5.20. The molecule has 0 aliphatic heterocycles. The van der Waals surface area contributed by atoms with Crippen molar-refractivity contribution in [1.29, 1.82) is 0 Å². The summed E-state index contributed by atoms with van der Waals surface area (Å²) in [5.41, 5.74) is 2.56. The smallest absolute Gasteiger partial charge is 0.329 e. The zero-order valence-corrected chi connectivity index (χ0v) is 24.2. The van der Waals surface area contributed by atoms with Crippen LogP contribution in [-0.2, 0) is 20.9 Å². The van der Waals surface area contributed by atoms with Gasteiger partial charge in [0.05, 0.1) is 39.6 Å². The third kappa shape index (κ3) is 6.36. The molecule has 0 aromatic heterocycles. The van der Waals surface area contributed by atoms with E-state index in [1.807, 2.05) is 57.2 Å². The van der Waals surface area contributed by atoms with Gasteiger partial charge in [0.1, 0.15) is 17.0 Å². The van der Waals surface area contributed by atoms with Crippen LogP contribution in [0.2, 0.25) is 0 Å². The molecule has 40 heavy (non-hydrogen) atoms. The highest BCUT2D eigenvalue weighted by Crippen LogP contribution is 2.51. The molecular weight excluding hydrogens is 512 g/mol. The van der Waals surface area contributed by atoms with Crippen LogP contribution in [0.1, 0.15) is 73.7 Å². The minimum atomic E-state index is -1.36. The molecule has 2 aromatic rings. The fraction of sp³-hybridized carbons (Fsp3) is 0.548. The second-order valence-electron chi connectivity index (χ2n) is 10.7. The lowest BCUT2D eigenvalue weighted by Gasteiger charge is -2.45. The number of hydrogen-bond donors (Lipinski definition) is 2. The number of nitrogens with zero attached hydrogens (tertiary/aromatic N) is 1. The third-order valence-electron chi connectivity index (χ3n) is 8.06. The molecule has 218 valence electrons. The van der Waals surface area contributed by atoms with Gasteiger partial charge in [-0.2, -0.15) is 0 Å². The number of carboxylic acids is 1. The molecule has 0 spiro atoms. The van der Waals surface area contributed by atoms with Crippen LogP contribution in [-0.4, -0.2) is 67.6 Å². The Morgan fingerprint density at radius 3 is 2.42 bits per heavy atom. The van der Waals surface area contributed by atoms with E-state index in [0.29, 0.717) is 19.1 Å². The Morgan fingerprint density at radius 2 is 1.85 bits per heavy atom. The van der Waals surface area contributed by atoms with Gasteiger partial charge in [-0.25, -0.2) is 9.59 Å². The van der Waals surface area contributed by atoms with Gasteiger partial charge in [0.25, 0.3) is 0 Å². The molecule has 1 atom stereocenters. The summed E-state index contributed by atoms with van der Waals surface area (Å²) in [6.45, 7) is 7.26. The number of ether oxygens (including phenoxy) is 4. The Hall–Kier alpha value is -3.30. The lowest BCUT2D eigenvalue weighted by Crippen LogP contribution is -2.66. The van der Waals surface area contributed by atoms with Gasteiger partial charge in [0.15, 0.2) is 0 Å². The molecular formula is C31H42N2O7. The number of aliphatic carboxylic acids is 1. The quantitative estimate of drug-likeness (QED) is 0.309. The number of hydrogen-bond acceptors (Lipinski definition) is 6. The molecule has 2 aliphatic rings. The Morgan fingerprint density at radius 1 is 1.15 bits per heavy atom. The summed E-state index contributed by atoms with van der Waals surface area (Å²) in [5.74, 6) is 0.877. The van der Waals surface area contributed by atoms with Gasteiger partial charge in [0, 0.05) is 31.6 Å². The highest BCUT2D eigenvalue weighted by Gasteiger charge is 2.53. The number of amides is 2. The van der Waals surface area contributed by atoms with Crippen molar-refractivity contribution in [3.63, 3.8) is 0 Å². The van der Waals surface area contributed by atoms with E-state index in [1.165, 1.54) is 0 Å². The van der Waals surface area contributed by atoms with Gasteiger partial charge in [-0.05, 0) is 62.3 Å². The fourth-order valence-corrected chi connectivity index (χ4v) is 5.64. The van der Waals surface area contributed by atoms with Crippen molar-refractivity contribution in [3.8, 4) is 11.5 Å². The molecule has 4 rings (SSSR count). The first-order valence-corrected chi connectivity index (χ1v) is 14.0. The Kier molecular flexibility index (Phi) is 9.58. The van der Waals surface area contributed by atoms with E-state index in [1.54, 1.807) is 19.1 Å². The zero-order chi connectivity index (χ0) is 28.9. The molecule has 2 amide bonds. The molecule has 1 unspecified atom stereocenters. The Balaban J connectivity index is 1.58. The maximum absolute atomic E-state index is 13.8. The van der Waals surface area contributed by atoms with Gasteiger partial charge in [-0.1, -0.05) is 30.3 Å². The van der Waals surface area contributed by atoms with Gasteiger partial charge in [0.2, 0.25) is 0 Å². The van der Waals surface area contributed by atoms with Crippen LogP contribution in [0.3, 0.4) is 0 Å². The standard InChI is InChI=1S/C31H42N2O7/c1-6-40-24-17-31(18-24,29(34)35)32-30(36)33(14-15-39-19-22-10-8-7-9-11-22)21(3)25-16-26(37-4)27(23-12-13-23)28(38-5)20(25)2/h7-11,16,21,23-24H,6,12-15,17-19H2,1-5H3,(H,32,36)(H,34,35). The Labute approximate surface area is 236 Å². The highest BCUT2D eigenvalue weighted by atomic mass is 16.5. The molecule has 9 heteroatoms. The molecule has 2 aromatic carbocycles. The van der Waals surface area contributed by atoms with E-state index >= 15 is 0 Å². The first-order valence-electron chi connectivity index (χ1n) is 14.0. The molecule has 0 saturated heterocycles. The van der Waals surface area contributed by atoms with Crippen LogP contribution >= 0.6 is 0 Å². The molecule has 9 nitrogen and oxygen atoms in total. The van der Waals surface area contributed by atoms with E-state index in [-0.39, 0.29) is 32.1 Å². The Bertz CT molecular complexity index is 1180. The summed E-state index contributed by atoms with van der Waals surface area (Å²) in [6.07, 6.45) is 2.45. The van der Waals surface area contributed by atoms with Crippen molar-refractivity contribution in [3.05, 3.63) is 58.7 Å². The molecule has 0 heterocycles. The summed E-state index contributed by atoms with van der Waals surface area (Å²) in [7, 11) is 3.31. The van der Waals surface area contributed by atoms with Crippen LogP contribution in [0.4, 0.5) is 4.79 Å². The number of nitrogens with one attached hydrogen (secondary N) is 1. The van der Waals surface area contributed by atoms with Crippen molar-refractivity contribution in [2.45, 2.75) is 76.7 Å². The van der Waals surface area contributed by atoms with E-state index in [0.717, 1.165) is 46.6 Å². The van der Waals surface area contributed by atoms with Gasteiger partial charge in [-0.15, -0.1) is 0 Å². The second kappa shape index (κ2) is 12.9. The van der Waals surface area contributed by atoms with Crippen molar-refractivity contribution in [1.82, 2.24) is 10.2 Å². The largest absolute Gasteiger partial charge is 0.496 e. The number of rotatable bonds is 14. The summed E-state index contributed by atoms with van der Waals surface area (Å²) in [5, 5.41) is 12.9. The van der Waals surface area contributed by atoms with Gasteiger partial charge >= 0.3 is 12.0 Å². The topological polar surface area (TPSA) is 107 Å². The van der Waals surface area contributed by atoms with Crippen LogP contribution in [0, 0.1) is 6.92 Å². The number of urea groups is 1. The van der Waals surface area contributed by atoms with E-state index in [2.05, 4.69) is 5.32 Å². The molecule has 2 saturated carbocycles. The third-order valence-corrected chi connectivity index (χ3v) is 8.06. The first kappa shape index (κ1) is 29.7. The molecule has 2 fully saturated rings.